The Kier molecular flexibility index (Phi) is 11.8. The number of unbranched alkanes of at least 4 members (excludes halogenated alkanes) is 9. The Labute approximate surface area is 220 Å². The number of halogens is 1. The van der Waals surface area contributed by atoms with Crippen LogP contribution in [-0.4, -0.2) is 48.8 Å². The molecule has 8 nitrogen and oxygen atoms in total. The van der Waals surface area contributed by atoms with E-state index in [0.29, 0.717) is 18.0 Å². The number of amides is 1. The lowest BCUT2D eigenvalue weighted by Crippen LogP contribution is -2.34. The van der Waals surface area contributed by atoms with Gasteiger partial charge in [0, 0.05) is 12.3 Å². The second kappa shape index (κ2) is 14.8. The number of benzene rings is 1. The summed E-state index contributed by atoms with van der Waals surface area (Å²) in [5.41, 5.74) is 0.821. The van der Waals surface area contributed by atoms with Crippen molar-refractivity contribution < 1.29 is 33.0 Å². The highest BCUT2D eigenvalue weighted by Gasteiger charge is 2.56. The minimum atomic E-state index is -0.793. The molecule has 2 fully saturated rings. The molecule has 37 heavy (non-hydrogen) atoms. The summed E-state index contributed by atoms with van der Waals surface area (Å²) < 4.78 is 37.3. The second-order valence-electron chi connectivity index (χ2n) is 10.3. The van der Waals surface area contributed by atoms with Crippen LogP contribution in [-0.2, 0) is 23.8 Å². The Hall–Kier alpha value is -2.07. The maximum absolute atomic E-state index is 13.0. The van der Waals surface area contributed by atoms with Crippen molar-refractivity contribution >= 4 is 17.5 Å². The van der Waals surface area contributed by atoms with Crippen LogP contribution >= 0.6 is 0 Å². The van der Waals surface area contributed by atoms with E-state index in [2.05, 4.69) is 17.4 Å². The van der Waals surface area contributed by atoms with E-state index < -0.39 is 42.3 Å². The zero-order chi connectivity index (χ0) is 26.7. The molecule has 0 bridgehead atoms. The topological polar surface area (TPSA) is 87.6 Å². The van der Waals surface area contributed by atoms with Gasteiger partial charge in [-0.2, -0.15) is 0 Å². The number of hydrogen-bond acceptors (Lipinski definition) is 7. The quantitative estimate of drug-likeness (QED) is 0.116. The molecular weight excluding hydrogens is 479 g/mol. The number of rotatable bonds is 15. The van der Waals surface area contributed by atoms with E-state index in [1.807, 2.05) is 13.8 Å². The Balaban J connectivity index is 1.41. The lowest BCUT2D eigenvalue weighted by Gasteiger charge is -2.24. The van der Waals surface area contributed by atoms with Crippen molar-refractivity contribution in [1.29, 1.82) is 0 Å². The van der Waals surface area contributed by atoms with Crippen LogP contribution in [0.5, 0.6) is 0 Å². The van der Waals surface area contributed by atoms with Crippen molar-refractivity contribution in [3.8, 4) is 0 Å². The van der Waals surface area contributed by atoms with Crippen molar-refractivity contribution in [3.63, 3.8) is 0 Å². The summed E-state index contributed by atoms with van der Waals surface area (Å²) in [7, 11) is 0. The third kappa shape index (κ3) is 9.63. The highest BCUT2D eigenvalue weighted by molar-refractivity contribution is 5.89. The maximum Gasteiger partial charge on any atom is 0.437 e. The predicted molar refractivity (Wildman–Crippen MR) is 140 cm³/mol. The van der Waals surface area contributed by atoms with Gasteiger partial charge in [-0.1, -0.05) is 69.9 Å². The van der Waals surface area contributed by atoms with Crippen molar-refractivity contribution in [2.75, 3.05) is 11.9 Å². The first-order valence-electron chi connectivity index (χ1n) is 13.7. The molecule has 0 unspecified atom stereocenters. The molecule has 1 aromatic carbocycles. The molecular formula is C28H43FN2O6. The summed E-state index contributed by atoms with van der Waals surface area (Å²) in [6, 6.07) is 5.34. The number of carbonyl (C=O) groups excluding carboxylic acids is 1. The first kappa shape index (κ1) is 29.5. The van der Waals surface area contributed by atoms with Crippen LogP contribution in [0.15, 0.2) is 29.4 Å². The van der Waals surface area contributed by atoms with E-state index in [-0.39, 0.29) is 0 Å². The van der Waals surface area contributed by atoms with E-state index in [1.165, 1.54) is 75.6 Å². The van der Waals surface area contributed by atoms with E-state index in [1.54, 1.807) is 6.92 Å². The van der Waals surface area contributed by atoms with Crippen molar-refractivity contribution in [1.82, 2.24) is 0 Å². The van der Waals surface area contributed by atoms with Crippen molar-refractivity contribution in [2.24, 2.45) is 5.16 Å². The average Bonchev–Trinajstić information content (AvgIpc) is 3.35. The van der Waals surface area contributed by atoms with Crippen molar-refractivity contribution in [3.05, 3.63) is 30.1 Å². The average molecular weight is 523 g/mol. The largest absolute Gasteiger partial charge is 0.437 e. The van der Waals surface area contributed by atoms with Crippen LogP contribution < -0.4 is 5.32 Å². The smallest absolute Gasteiger partial charge is 0.350 e. The molecule has 1 N–H and O–H groups in total. The molecule has 0 spiro atoms. The van der Waals surface area contributed by atoms with Crippen LogP contribution in [0.3, 0.4) is 0 Å². The molecule has 0 saturated carbocycles. The molecule has 2 saturated heterocycles. The van der Waals surface area contributed by atoms with Gasteiger partial charge in [-0.25, -0.2) is 9.18 Å². The Bertz CT molecular complexity index is 863. The summed E-state index contributed by atoms with van der Waals surface area (Å²) in [4.78, 5) is 17.1. The molecule has 208 valence electrons. The second-order valence-corrected chi connectivity index (χ2v) is 10.3. The van der Waals surface area contributed by atoms with E-state index >= 15 is 0 Å². The molecule has 2 aliphatic heterocycles. The first-order chi connectivity index (χ1) is 17.8. The minimum absolute atomic E-state index is 0.395. The van der Waals surface area contributed by atoms with Crippen LogP contribution in [0.25, 0.3) is 0 Å². The molecule has 2 heterocycles. The summed E-state index contributed by atoms with van der Waals surface area (Å²) in [6.07, 6.45) is 9.77. The van der Waals surface area contributed by atoms with Crippen LogP contribution in [0, 0.1) is 5.82 Å². The highest BCUT2D eigenvalue weighted by atomic mass is 19.1. The number of fused-ring (bicyclic) bond motifs is 1. The SMILES string of the molecule is CCCCCCCCCCCCO[C@H]1O[C@H](/C(C)=N/OC(=O)Nc2ccc(F)cc2)[C@@H]2OC(C)(C)O[C@H]12. The van der Waals surface area contributed by atoms with Gasteiger partial charge in [0.1, 0.15) is 24.1 Å². The number of ether oxygens (including phenoxy) is 4. The Morgan fingerprint density at radius 2 is 1.57 bits per heavy atom. The summed E-state index contributed by atoms with van der Waals surface area (Å²) in [5, 5.41) is 6.43. The molecule has 9 heteroatoms. The van der Waals surface area contributed by atoms with Gasteiger partial charge in [0.15, 0.2) is 12.1 Å². The van der Waals surface area contributed by atoms with Crippen LogP contribution in [0.1, 0.15) is 91.9 Å². The normalized spacial score (nSPS) is 24.7. The molecule has 0 aliphatic carbocycles. The zero-order valence-electron chi connectivity index (χ0n) is 22.7. The monoisotopic (exact) mass is 522 g/mol. The fourth-order valence-electron chi connectivity index (χ4n) is 4.66. The standard InChI is InChI=1S/C28H43FN2O6/c1-5-6-7-8-9-10-11-12-13-14-19-33-26-25-24(35-28(3,4)36-25)23(34-26)20(2)31-37-27(32)30-22-17-15-21(29)16-18-22/h15-18,23-26H,5-14,19H2,1-4H3,(H,30,32)/b31-20+/t23-,24+,25+,26+/m1/s1. The zero-order valence-corrected chi connectivity index (χ0v) is 22.7. The van der Waals surface area contributed by atoms with E-state index in [9.17, 15) is 9.18 Å². The molecule has 1 aromatic rings. The molecule has 4 atom stereocenters. The highest BCUT2D eigenvalue weighted by Crippen LogP contribution is 2.39. The van der Waals surface area contributed by atoms with Gasteiger partial charge in [-0.05, 0) is 51.5 Å². The van der Waals surface area contributed by atoms with Crippen molar-refractivity contribution in [2.45, 2.75) is 122 Å². The molecule has 3 rings (SSSR count). The third-order valence-electron chi connectivity index (χ3n) is 6.57. The Morgan fingerprint density at radius 3 is 2.22 bits per heavy atom. The lowest BCUT2D eigenvalue weighted by atomic mass is 10.1. The molecule has 1 amide bonds. The molecule has 0 aromatic heterocycles. The number of hydrogen-bond donors (Lipinski definition) is 1. The van der Waals surface area contributed by atoms with Gasteiger partial charge in [-0.15, -0.1) is 0 Å². The molecule has 2 aliphatic rings. The number of nitrogens with one attached hydrogen (secondary N) is 1. The fraction of sp³-hybridized carbons (Fsp3) is 0.714. The third-order valence-corrected chi connectivity index (χ3v) is 6.57. The van der Waals surface area contributed by atoms with Gasteiger partial charge < -0.3 is 18.9 Å². The van der Waals surface area contributed by atoms with E-state index in [4.69, 9.17) is 23.8 Å². The number of carbonyl (C=O) groups is 1. The summed E-state index contributed by atoms with van der Waals surface area (Å²) >= 11 is 0. The Morgan fingerprint density at radius 1 is 0.973 bits per heavy atom. The number of oxime groups is 1. The maximum atomic E-state index is 13.0. The van der Waals surface area contributed by atoms with Gasteiger partial charge in [0.25, 0.3) is 0 Å². The van der Waals surface area contributed by atoms with Crippen LogP contribution in [0.2, 0.25) is 0 Å². The van der Waals surface area contributed by atoms with Gasteiger partial charge in [-0.3, -0.25) is 10.2 Å². The first-order valence-corrected chi connectivity index (χ1v) is 13.7. The fourth-order valence-corrected chi connectivity index (χ4v) is 4.66. The van der Waals surface area contributed by atoms with Gasteiger partial charge in [0.2, 0.25) is 0 Å². The lowest BCUT2D eigenvalue weighted by molar-refractivity contribution is -0.226. The van der Waals surface area contributed by atoms with E-state index in [0.717, 1.165) is 12.8 Å². The van der Waals surface area contributed by atoms with Gasteiger partial charge >= 0.3 is 6.09 Å². The predicted octanol–water partition coefficient (Wildman–Crippen LogP) is 6.93. The number of anilines is 1. The molecule has 0 radical (unpaired) electrons. The summed E-state index contributed by atoms with van der Waals surface area (Å²) in [5.74, 6) is -1.18. The minimum Gasteiger partial charge on any atom is -0.350 e. The van der Waals surface area contributed by atoms with Gasteiger partial charge in [0.05, 0.1) is 5.71 Å². The van der Waals surface area contributed by atoms with Crippen LogP contribution in [0.4, 0.5) is 14.9 Å². The number of nitrogens with zero attached hydrogens (tertiary/aromatic N) is 1. The summed E-state index contributed by atoms with van der Waals surface area (Å²) in [6.45, 7) is 8.22.